The molecule has 4 aromatic rings. The fraction of sp³-hybridized carbons (Fsp3) is 0.0526. The second kappa shape index (κ2) is 6.67. The van der Waals surface area contributed by atoms with E-state index in [4.69, 9.17) is 5.48 Å². The Hall–Kier alpha value is -1.69. The summed E-state index contributed by atoms with van der Waals surface area (Å²) in [6.07, 6.45) is 5.30. The van der Waals surface area contributed by atoms with Crippen LogP contribution in [-0.2, 0) is 0 Å². The highest BCUT2D eigenvalue weighted by Crippen LogP contribution is 2.42. The van der Waals surface area contributed by atoms with Crippen molar-refractivity contribution in [2.45, 2.75) is 19.6 Å². The highest BCUT2D eigenvalue weighted by atomic mass is 32.2. The molecule has 0 saturated carbocycles. The van der Waals surface area contributed by atoms with Crippen molar-refractivity contribution in [3.63, 3.8) is 0 Å². The van der Waals surface area contributed by atoms with Crippen molar-refractivity contribution in [3.8, 4) is 0 Å². The molecule has 0 amide bonds. The minimum atomic E-state index is 0.206. The van der Waals surface area contributed by atoms with E-state index in [-0.39, 0.29) is 24.2 Å². The van der Waals surface area contributed by atoms with E-state index in [9.17, 15) is 0 Å². The van der Waals surface area contributed by atoms with Crippen molar-refractivity contribution in [2.75, 3.05) is 6.26 Å². The Morgan fingerprint density at radius 1 is 0.958 bits per heavy atom. The first-order valence-electron chi connectivity index (χ1n) is 9.09. The second-order valence-corrected chi connectivity index (χ2v) is 7.30. The molecule has 0 spiro atoms. The predicted molar refractivity (Wildman–Crippen MR) is 107 cm³/mol. The molecule has 5 heteroatoms. The third kappa shape index (κ3) is 2.77. The summed E-state index contributed by atoms with van der Waals surface area (Å²) in [5, 5.41) is 1.48. The molecule has 2 nitrogen and oxygen atoms in total. The quantitative estimate of drug-likeness (QED) is 0.356. The van der Waals surface area contributed by atoms with Crippen LogP contribution in [0.25, 0.3) is 21.8 Å². The summed E-state index contributed by atoms with van der Waals surface area (Å²) in [5.74, 6) is 0. The van der Waals surface area contributed by atoms with Gasteiger partial charge in [-0.25, -0.2) is 0 Å². The van der Waals surface area contributed by atoms with Gasteiger partial charge >= 0.3 is 0 Å². The normalized spacial score (nSPS) is 13.6. The molecule has 0 unspecified atom stereocenters. The molecule has 0 aliphatic heterocycles. The molecule has 0 saturated heterocycles. The summed E-state index contributed by atoms with van der Waals surface area (Å²) in [4.78, 5) is 12.0. The first-order valence-corrected chi connectivity index (χ1v) is 9.58. The predicted octanol–water partition coefficient (Wildman–Crippen LogP) is 5.94. The number of rotatable bonds is 3. The van der Waals surface area contributed by atoms with Gasteiger partial charge in [0, 0.05) is 42.7 Å². The molecular formula is C19H14N2S3. The Bertz CT molecular complexity index is 1250. The highest BCUT2D eigenvalue weighted by Gasteiger charge is 2.13. The van der Waals surface area contributed by atoms with Crippen molar-refractivity contribution in [3.05, 3.63) is 60.8 Å². The minimum absolute atomic E-state index is 0.206. The van der Waals surface area contributed by atoms with E-state index in [1.807, 2.05) is 6.26 Å². The van der Waals surface area contributed by atoms with Gasteiger partial charge in [0.05, 0.1) is 16.5 Å². The largest absolute Gasteiger partial charge is 0.255 e. The van der Waals surface area contributed by atoms with Gasteiger partial charge in [0.2, 0.25) is 0 Å². The zero-order valence-electron chi connectivity index (χ0n) is 16.6. The molecule has 4 rings (SSSR count). The molecule has 0 N–H and O–H groups in total. The van der Waals surface area contributed by atoms with E-state index in [0.29, 0.717) is 21.3 Å². The molecule has 24 heavy (non-hydrogen) atoms. The van der Waals surface area contributed by atoms with Gasteiger partial charge in [-0.2, -0.15) is 0 Å². The van der Waals surface area contributed by atoms with Crippen molar-refractivity contribution < 1.29 is 5.48 Å². The van der Waals surface area contributed by atoms with E-state index in [2.05, 4.69) is 22.6 Å². The van der Waals surface area contributed by atoms with Crippen molar-refractivity contribution in [1.82, 2.24) is 9.97 Å². The van der Waals surface area contributed by atoms with Gasteiger partial charge in [-0.05, 0) is 18.3 Å². The van der Waals surface area contributed by atoms with Gasteiger partial charge in [-0.15, -0.1) is 24.4 Å². The third-order valence-electron chi connectivity index (χ3n) is 3.54. The molecule has 2 heterocycles. The van der Waals surface area contributed by atoms with Crippen molar-refractivity contribution in [2.24, 2.45) is 0 Å². The lowest BCUT2D eigenvalue weighted by Crippen LogP contribution is -1.89. The summed E-state index contributed by atoms with van der Waals surface area (Å²) in [7, 11) is 0. The summed E-state index contributed by atoms with van der Waals surface area (Å²) >= 11 is 7.54. The van der Waals surface area contributed by atoms with Gasteiger partial charge in [-0.3, -0.25) is 9.97 Å². The van der Waals surface area contributed by atoms with Gasteiger partial charge in [0.1, 0.15) is 0 Å². The van der Waals surface area contributed by atoms with Gasteiger partial charge in [0.15, 0.2) is 0 Å². The SMILES string of the molecule is [2H]c1cc([2H])c2ncc(S)c(Sc3cnc4c([2H])cc([2H])cc4c3SC)c2c1. The van der Waals surface area contributed by atoms with Crippen LogP contribution >= 0.6 is 36.2 Å². The number of pyridine rings is 2. The Balaban J connectivity index is 1.95. The molecule has 0 fully saturated rings. The van der Waals surface area contributed by atoms with Crippen LogP contribution in [-0.4, -0.2) is 16.2 Å². The van der Waals surface area contributed by atoms with Gasteiger partial charge in [0.25, 0.3) is 0 Å². The lowest BCUT2D eigenvalue weighted by atomic mass is 10.2. The summed E-state index contributed by atoms with van der Waals surface area (Å²) in [6, 6.07) is 7.34. The number of thioether (sulfide) groups is 1. The van der Waals surface area contributed by atoms with Crippen molar-refractivity contribution in [1.29, 1.82) is 0 Å². The maximum Gasteiger partial charge on any atom is 0.0714 e. The monoisotopic (exact) mass is 370 g/mol. The number of thiol groups is 1. The second-order valence-electron chi connectivity index (χ2n) is 4.95. The molecule has 0 atom stereocenters. The van der Waals surface area contributed by atoms with Gasteiger partial charge in [-0.1, -0.05) is 48.1 Å². The Labute approximate surface area is 160 Å². The van der Waals surface area contributed by atoms with E-state index >= 15 is 0 Å². The standard InChI is InChI=1S/C19H14N2S3/c1-23-19-13-7-3-5-9-15(13)21-11-17(19)24-18-12-6-2-4-8-14(12)20-10-16(18)22/h2-11,22H,1H3/i2D,3D,8D,9D. The zero-order valence-corrected chi connectivity index (χ0v) is 15.1. The van der Waals surface area contributed by atoms with Crippen LogP contribution in [0.15, 0.2) is 80.4 Å². The van der Waals surface area contributed by atoms with Crippen molar-refractivity contribution >= 4 is 58.0 Å². The Kier molecular flexibility index (Phi) is 3.28. The minimum Gasteiger partial charge on any atom is -0.255 e. The number of benzene rings is 2. The average Bonchev–Trinajstić information content (AvgIpc) is 2.63. The third-order valence-corrected chi connectivity index (χ3v) is 6.18. The van der Waals surface area contributed by atoms with Gasteiger partial charge < -0.3 is 0 Å². The Morgan fingerprint density at radius 3 is 2.25 bits per heavy atom. The fourth-order valence-electron chi connectivity index (χ4n) is 2.46. The van der Waals surface area contributed by atoms with Crippen LogP contribution in [0.2, 0.25) is 0 Å². The molecule has 118 valence electrons. The van der Waals surface area contributed by atoms with E-state index in [1.165, 1.54) is 35.7 Å². The number of aromatic nitrogens is 2. The summed E-state index contributed by atoms with van der Waals surface area (Å²) in [5.41, 5.74) is 1.09. The maximum absolute atomic E-state index is 8.11. The van der Waals surface area contributed by atoms with Crippen LogP contribution in [0, 0.1) is 0 Å². The Morgan fingerprint density at radius 2 is 1.58 bits per heavy atom. The molecule has 2 aromatic heterocycles. The van der Waals surface area contributed by atoms with Crippen LogP contribution in [0.4, 0.5) is 0 Å². The number of nitrogens with zero attached hydrogens (tertiary/aromatic N) is 2. The molecule has 0 aliphatic carbocycles. The molecular weight excluding hydrogens is 352 g/mol. The van der Waals surface area contributed by atoms with E-state index < -0.39 is 0 Å². The topological polar surface area (TPSA) is 25.8 Å². The van der Waals surface area contributed by atoms with Crippen LogP contribution in [0.3, 0.4) is 0 Å². The molecule has 0 bridgehead atoms. The average molecular weight is 371 g/mol. The molecule has 0 aliphatic rings. The number of para-hydroxylation sites is 2. The molecule has 2 aromatic carbocycles. The highest BCUT2D eigenvalue weighted by molar-refractivity contribution is 8.02. The maximum atomic E-state index is 8.11. The van der Waals surface area contributed by atoms with E-state index in [0.717, 1.165) is 20.1 Å². The fourth-order valence-corrected chi connectivity index (χ4v) is 4.73. The first kappa shape index (κ1) is 11.8. The number of fused-ring (bicyclic) bond motifs is 2. The summed E-state index contributed by atoms with van der Waals surface area (Å²) < 4.78 is 32.1. The first-order chi connectivity index (χ1) is 13.4. The lowest BCUT2D eigenvalue weighted by Gasteiger charge is -2.13. The number of hydrogen-bond acceptors (Lipinski definition) is 5. The van der Waals surface area contributed by atoms with Crippen LogP contribution in [0.5, 0.6) is 0 Å². The number of hydrogen-bond donors (Lipinski definition) is 1. The molecule has 0 radical (unpaired) electrons. The zero-order chi connectivity index (χ0) is 20.0. The lowest BCUT2D eigenvalue weighted by molar-refractivity contribution is 1.17. The van der Waals surface area contributed by atoms with Crippen LogP contribution < -0.4 is 0 Å². The van der Waals surface area contributed by atoms with E-state index in [1.54, 1.807) is 24.5 Å². The summed E-state index contributed by atoms with van der Waals surface area (Å²) in [6.45, 7) is 0. The van der Waals surface area contributed by atoms with Crippen LogP contribution in [0.1, 0.15) is 5.48 Å². The smallest absolute Gasteiger partial charge is 0.0714 e.